The van der Waals surface area contributed by atoms with Crippen LogP contribution in [0, 0.1) is 17.2 Å². The van der Waals surface area contributed by atoms with Gasteiger partial charge in [-0.05, 0) is 12.8 Å². The van der Waals surface area contributed by atoms with Crippen LogP contribution in [0.1, 0.15) is 19.8 Å². The van der Waals surface area contributed by atoms with Crippen molar-refractivity contribution in [3.8, 4) is 6.07 Å². The normalized spacial score (nSPS) is 18.3. The highest BCUT2D eigenvalue weighted by Crippen LogP contribution is 2.30. The maximum atomic E-state index is 12.3. The first-order chi connectivity index (χ1) is 7.90. The van der Waals surface area contributed by atoms with E-state index in [0.717, 1.165) is 6.08 Å². The van der Waals surface area contributed by atoms with Crippen molar-refractivity contribution in [3.63, 3.8) is 0 Å². The molecular weight excluding hydrogens is 233 g/mol. The Labute approximate surface area is 97.5 Å². The number of nitriles is 1. The quantitative estimate of drug-likeness (QED) is 0.701. The van der Waals surface area contributed by atoms with Gasteiger partial charge in [0, 0.05) is 18.7 Å². The molecule has 0 aromatic heterocycles. The third-order valence-electron chi connectivity index (χ3n) is 2.75. The Morgan fingerprint density at radius 1 is 1.65 bits per heavy atom. The highest BCUT2D eigenvalue weighted by Gasteiger charge is 2.36. The summed E-state index contributed by atoms with van der Waals surface area (Å²) in [5, 5.41) is 8.72. The van der Waals surface area contributed by atoms with Crippen LogP contribution in [0.15, 0.2) is 11.6 Å². The van der Waals surface area contributed by atoms with Crippen LogP contribution in [0.4, 0.5) is 13.2 Å². The van der Waals surface area contributed by atoms with Gasteiger partial charge in [-0.15, -0.1) is 0 Å². The zero-order chi connectivity index (χ0) is 13.1. The molecule has 0 saturated carbocycles. The first kappa shape index (κ1) is 13.6. The standard InChI is InChI=1S/C11H13F3N2O/c1-2-8(7-15)10(17)16-5-3-9(4-6-16)11(12,13)14/h3,8H,2,4-6H2,1H3. The topological polar surface area (TPSA) is 44.1 Å². The lowest BCUT2D eigenvalue weighted by Crippen LogP contribution is -2.39. The molecule has 0 saturated heterocycles. The largest absolute Gasteiger partial charge is 0.412 e. The Morgan fingerprint density at radius 2 is 2.29 bits per heavy atom. The zero-order valence-electron chi connectivity index (χ0n) is 9.42. The first-order valence-electron chi connectivity index (χ1n) is 5.34. The number of carbonyl (C=O) groups is 1. The summed E-state index contributed by atoms with van der Waals surface area (Å²) < 4.78 is 37.0. The average Bonchev–Trinajstić information content (AvgIpc) is 2.29. The van der Waals surface area contributed by atoms with Gasteiger partial charge in [0.15, 0.2) is 0 Å². The fourth-order valence-corrected chi connectivity index (χ4v) is 1.67. The Balaban J connectivity index is 2.67. The van der Waals surface area contributed by atoms with Crippen molar-refractivity contribution in [2.24, 2.45) is 5.92 Å². The summed E-state index contributed by atoms with van der Waals surface area (Å²) in [6, 6.07) is 1.86. The SMILES string of the molecule is CCC(C#N)C(=O)N1CC=C(C(F)(F)F)CC1. The Morgan fingerprint density at radius 3 is 2.65 bits per heavy atom. The van der Waals surface area contributed by atoms with Crippen LogP contribution in [0.5, 0.6) is 0 Å². The average molecular weight is 246 g/mol. The fraction of sp³-hybridized carbons (Fsp3) is 0.636. The van der Waals surface area contributed by atoms with Crippen LogP contribution in [0.25, 0.3) is 0 Å². The van der Waals surface area contributed by atoms with E-state index in [4.69, 9.17) is 5.26 Å². The molecule has 0 radical (unpaired) electrons. The van der Waals surface area contributed by atoms with Crippen molar-refractivity contribution in [1.29, 1.82) is 5.26 Å². The molecule has 0 bridgehead atoms. The summed E-state index contributed by atoms with van der Waals surface area (Å²) in [6.45, 7) is 1.67. The number of alkyl halides is 3. The predicted molar refractivity (Wildman–Crippen MR) is 54.7 cm³/mol. The molecule has 94 valence electrons. The molecule has 1 amide bonds. The molecule has 0 aromatic carbocycles. The minimum absolute atomic E-state index is 0.0301. The van der Waals surface area contributed by atoms with E-state index in [1.807, 2.05) is 6.07 Å². The summed E-state index contributed by atoms with van der Waals surface area (Å²) in [4.78, 5) is 13.0. The molecule has 17 heavy (non-hydrogen) atoms. The molecule has 3 nitrogen and oxygen atoms in total. The first-order valence-corrected chi connectivity index (χ1v) is 5.34. The molecule has 0 fully saturated rings. The third kappa shape index (κ3) is 3.22. The zero-order valence-corrected chi connectivity index (χ0v) is 9.42. The van der Waals surface area contributed by atoms with E-state index < -0.39 is 17.7 Å². The van der Waals surface area contributed by atoms with E-state index in [-0.39, 0.29) is 25.4 Å². The number of carbonyl (C=O) groups excluding carboxylic acids is 1. The molecular formula is C11H13F3N2O. The summed E-state index contributed by atoms with van der Waals surface area (Å²) in [5.74, 6) is -1.14. The molecule has 0 aliphatic carbocycles. The summed E-state index contributed by atoms with van der Waals surface area (Å²) in [6.07, 6.45) is -3.11. The van der Waals surface area contributed by atoms with Crippen LogP contribution in [0.3, 0.4) is 0 Å². The van der Waals surface area contributed by atoms with E-state index in [1.165, 1.54) is 4.90 Å². The van der Waals surface area contributed by atoms with Crippen LogP contribution in [-0.2, 0) is 4.79 Å². The van der Waals surface area contributed by atoms with Crippen molar-refractivity contribution in [1.82, 2.24) is 4.90 Å². The number of rotatable bonds is 2. The second kappa shape index (κ2) is 5.21. The lowest BCUT2D eigenvalue weighted by Gasteiger charge is -2.28. The number of nitrogens with zero attached hydrogens (tertiary/aromatic N) is 2. The van der Waals surface area contributed by atoms with E-state index in [1.54, 1.807) is 6.92 Å². The highest BCUT2D eigenvalue weighted by atomic mass is 19.4. The van der Waals surface area contributed by atoms with Crippen LogP contribution in [-0.4, -0.2) is 30.1 Å². The lowest BCUT2D eigenvalue weighted by molar-refractivity contribution is -0.134. The molecule has 1 aliphatic heterocycles. The molecule has 1 unspecified atom stereocenters. The van der Waals surface area contributed by atoms with Crippen LogP contribution in [0.2, 0.25) is 0 Å². The molecule has 1 heterocycles. The van der Waals surface area contributed by atoms with Gasteiger partial charge in [0.2, 0.25) is 5.91 Å². The molecule has 1 rings (SSSR count). The van der Waals surface area contributed by atoms with Gasteiger partial charge in [-0.2, -0.15) is 18.4 Å². The predicted octanol–water partition coefficient (Wildman–Crippen LogP) is 2.26. The summed E-state index contributed by atoms with van der Waals surface area (Å²) >= 11 is 0. The summed E-state index contributed by atoms with van der Waals surface area (Å²) in [5.41, 5.74) is -0.591. The van der Waals surface area contributed by atoms with Crippen LogP contribution >= 0.6 is 0 Å². The Kier molecular flexibility index (Phi) is 4.16. The van der Waals surface area contributed by atoms with E-state index >= 15 is 0 Å². The minimum Gasteiger partial charge on any atom is -0.337 e. The molecule has 6 heteroatoms. The van der Waals surface area contributed by atoms with Gasteiger partial charge < -0.3 is 4.90 Å². The van der Waals surface area contributed by atoms with E-state index in [9.17, 15) is 18.0 Å². The lowest BCUT2D eigenvalue weighted by atomic mass is 10.0. The number of hydrogen-bond acceptors (Lipinski definition) is 2. The Bertz CT molecular complexity index is 368. The molecule has 0 spiro atoms. The van der Waals surface area contributed by atoms with E-state index in [2.05, 4.69) is 0 Å². The van der Waals surface area contributed by atoms with Gasteiger partial charge in [0.05, 0.1) is 6.07 Å². The van der Waals surface area contributed by atoms with Gasteiger partial charge in [-0.1, -0.05) is 13.0 Å². The monoisotopic (exact) mass is 246 g/mol. The van der Waals surface area contributed by atoms with Gasteiger partial charge in [-0.25, -0.2) is 0 Å². The van der Waals surface area contributed by atoms with Crippen molar-refractivity contribution < 1.29 is 18.0 Å². The number of hydrogen-bond donors (Lipinski definition) is 0. The summed E-state index contributed by atoms with van der Waals surface area (Å²) in [7, 11) is 0. The molecule has 1 aliphatic rings. The molecule has 0 N–H and O–H groups in total. The van der Waals surface area contributed by atoms with Gasteiger partial charge in [0.1, 0.15) is 5.92 Å². The smallest absolute Gasteiger partial charge is 0.337 e. The van der Waals surface area contributed by atoms with Gasteiger partial charge in [0.25, 0.3) is 0 Å². The maximum Gasteiger partial charge on any atom is 0.412 e. The minimum atomic E-state index is -4.31. The van der Waals surface area contributed by atoms with Crippen molar-refractivity contribution >= 4 is 5.91 Å². The van der Waals surface area contributed by atoms with Gasteiger partial charge in [-0.3, -0.25) is 4.79 Å². The van der Waals surface area contributed by atoms with Gasteiger partial charge >= 0.3 is 6.18 Å². The highest BCUT2D eigenvalue weighted by molar-refractivity contribution is 5.81. The van der Waals surface area contributed by atoms with Crippen molar-refractivity contribution in [2.75, 3.05) is 13.1 Å². The Hall–Kier alpha value is -1.51. The molecule has 0 aromatic rings. The fourth-order valence-electron chi connectivity index (χ4n) is 1.67. The molecule has 1 atom stereocenters. The van der Waals surface area contributed by atoms with Crippen LogP contribution < -0.4 is 0 Å². The second-order valence-electron chi connectivity index (χ2n) is 3.85. The number of amides is 1. The number of halogens is 3. The van der Waals surface area contributed by atoms with E-state index in [0.29, 0.717) is 6.42 Å². The second-order valence-corrected chi connectivity index (χ2v) is 3.85. The third-order valence-corrected chi connectivity index (χ3v) is 2.75. The van der Waals surface area contributed by atoms with Crippen molar-refractivity contribution in [2.45, 2.75) is 25.9 Å². The van der Waals surface area contributed by atoms with Crippen molar-refractivity contribution in [3.05, 3.63) is 11.6 Å². The maximum absolute atomic E-state index is 12.3.